The molecule has 2 amide bonds. The molecule has 2 rings (SSSR count). The Hall–Kier alpha value is -2.51. The molecule has 5 nitrogen and oxygen atoms in total. The lowest BCUT2D eigenvalue weighted by Gasteiger charge is -2.09. The van der Waals surface area contributed by atoms with E-state index >= 15 is 0 Å². The summed E-state index contributed by atoms with van der Waals surface area (Å²) in [4.78, 5) is 24.3. The van der Waals surface area contributed by atoms with Crippen molar-refractivity contribution in [2.24, 2.45) is 0 Å². The largest absolute Gasteiger partial charge is 0.298 e. The maximum atomic E-state index is 11.7. The van der Waals surface area contributed by atoms with Crippen LogP contribution in [0.3, 0.4) is 0 Å². The highest BCUT2D eigenvalue weighted by molar-refractivity contribution is 7.80. The minimum Gasteiger partial charge on any atom is -0.298 e. The van der Waals surface area contributed by atoms with Gasteiger partial charge in [0, 0.05) is 11.0 Å². The summed E-state index contributed by atoms with van der Waals surface area (Å²) in [5.74, 6) is -0.609. The molecule has 0 unspecified atom stereocenters. The molecule has 0 aliphatic heterocycles. The molecule has 2 aromatic rings. The van der Waals surface area contributed by atoms with Crippen molar-refractivity contribution in [1.82, 2.24) is 16.2 Å². The first-order valence-corrected chi connectivity index (χ1v) is 8.07. The van der Waals surface area contributed by atoms with Gasteiger partial charge in [-0.25, -0.2) is 0 Å². The Labute approximate surface area is 143 Å². The number of carbonyl (C=O) groups excluding carboxylic acids is 2. The van der Waals surface area contributed by atoms with Crippen LogP contribution in [0.15, 0.2) is 53.9 Å². The first kappa shape index (κ1) is 16.9. The van der Waals surface area contributed by atoms with Gasteiger partial charge in [0.2, 0.25) is 11.8 Å². The number of carbonyl (C=O) groups is 2. The predicted octanol–water partition coefficient (Wildman–Crippen LogP) is 2.03. The molecule has 0 aliphatic carbocycles. The number of thiophene rings is 1. The van der Waals surface area contributed by atoms with Crippen molar-refractivity contribution >= 4 is 46.6 Å². The summed E-state index contributed by atoms with van der Waals surface area (Å²) in [5, 5.41) is 4.38. The van der Waals surface area contributed by atoms with Crippen LogP contribution in [0, 0.1) is 0 Å². The molecule has 0 radical (unpaired) electrons. The third-order valence-corrected chi connectivity index (χ3v) is 3.77. The van der Waals surface area contributed by atoms with Crippen molar-refractivity contribution in [2.75, 3.05) is 0 Å². The monoisotopic (exact) mass is 345 g/mol. The molecule has 7 heteroatoms. The van der Waals surface area contributed by atoms with Gasteiger partial charge in [-0.05, 0) is 35.3 Å². The lowest BCUT2D eigenvalue weighted by atomic mass is 10.2. The van der Waals surface area contributed by atoms with E-state index in [1.807, 2.05) is 47.8 Å². The molecule has 0 atom stereocenters. The van der Waals surface area contributed by atoms with E-state index in [1.165, 1.54) is 17.4 Å². The Bertz CT molecular complexity index is 697. The lowest BCUT2D eigenvalue weighted by molar-refractivity contribution is -0.121. The normalized spacial score (nSPS) is 10.3. The maximum absolute atomic E-state index is 11.7. The van der Waals surface area contributed by atoms with Crippen LogP contribution in [0.5, 0.6) is 0 Å². The number of rotatable bonds is 4. The Kier molecular flexibility index (Phi) is 6.46. The van der Waals surface area contributed by atoms with Crippen LogP contribution in [-0.4, -0.2) is 16.9 Å². The summed E-state index contributed by atoms with van der Waals surface area (Å²) in [7, 11) is 0. The van der Waals surface area contributed by atoms with Gasteiger partial charge in [-0.1, -0.05) is 36.4 Å². The Morgan fingerprint density at radius 2 is 1.87 bits per heavy atom. The Morgan fingerprint density at radius 3 is 2.57 bits per heavy atom. The van der Waals surface area contributed by atoms with Crippen molar-refractivity contribution < 1.29 is 9.59 Å². The summed E-state index contributed by atoms with van der Waals surface area (Å²) < 4.78 is 0. The van der Waals surface area contributed by atoms with Gasteiger partial charge in [-0.2, -0.15) is 0 Å². The van der Waals surface area contributed by atoms with Crippen molar-refractivity contribution in [2.45, 2.75) is 6.42 Å². The second-order valence-electron chi connectivity index (χ2n) is 4.49. The maximum Gasteiger partial charge on any atom is 0.250 e. The van der Waals surface area contributed by atoms with Crippen molar-refractivity contribution in [3.05, 3.63) is 64.4 Å². The number of nitrogens with one attached hydrogen (secondary N) is 3. The zero-order valence-corrected chi connectivity index (χ0v) is 13.7. The quantitative estimate of drug-likeness (QED) is 0.450. The number of hydrogen-bond donors (Lipinski definition) is 3. The van der Waals surface area contributed by atoms with E-state index in [9.17, 15) is 9.59 Å². The van der Waals surface area contributed by atoms with Gasteiger partial charge in [-0.15, -0.1) is 11.3 Å². The smallest absolute Gasteiger partial charge is 0.250 e. The van der Waals surface area contributed by atoms with Gasteiger partial charge < -0.3 is 0 Å². The third kappa shape index (κ3) is 6.41. The summed E-state index contributed by atoms with van der Waals surface area (Å²) >= 11 is 6.44. The second-order valence-corrected chi connectivity index (χ2v) is 5.93. The van der Waals surface area contributed by atoms with Crippen LogP contribution in [0.2, 0.25) is 0 Å². The topological polar surface area (TPSA) is 70.2 Å². The molecule has 0 saturated carbocycles. The van der Waals surface area contributed by atoms with Gasteiger partial charge in [0.1, 0.15) is 0 Å². The molecule has 0 fully saturated rings. The van der Waals surface area contributed by atoms with Crippen molar-refractivity contribution in [1.29, 1.82) is 0 Å². The van der Waals surface area contributed by atoms with Gasteiger partial charge in [-0.3, -0.25) is 25.8 Å². The number of benzene rings is 1. The lowest BCUT2D eigenvalue weighted by Crippen LogP contribution is -2.48. The number of thiocarbonyl (C=S) groups is 1. The predicted molar refractivity (Wildman–Crippen MR) is 95.5 cm³/mol. The Morgan fingerprint density at radius 1 is 1.09 bits per heavy atom. The molecule has 1 aromatic heterocycles. The Balaban J connectivity index is 1.70. The van der Waals surface area contributed by atoms with Crippen LogP contribution in [0.1, 0.15) is 10.4 Å². The second kappa shape index (κ2) is 8.82. The standard InChI is InChI=1S/C16H15N3O2S2/c20-14(9-8-12-5-2-1-3-6-12)17-16(22)19-18-15(21)11-13-7-4-10-23-13/h1-10H,11H2,(H,18,21)(H2,17,19,20,22). The average Bonchev–Trinajstić information content (AvgIpc) is 3.05. The van der Waals surface area contributed by atoms with E-state index in [2.05, 4.69) is 16.2 Å². The SMILES string of the molecule is O=C(C=Cc1ccccc1)NC(=S)NNC(=O)Cc1cccs1. The van der Waals surface area contributed by atoms with Crippen LogP contribution in [0.25, 0.3) is 6.08 Å². The molecule has 0 aliphatic rings. The summed E-state index contributed by atoms with van der Waals surface area (Å²) in [5.41, 5.74) is 5.84. The molecule has 118 valence electrons. The van der Waals surface area contributed by atoms with E-state index in [1.54, 1.807) is 6.08 Å². The molecule has 3 N–H and O–H groups in total. The van der Waals surface area contributed by atoms with Gasteiger partial charge in [0.25, 0.3) is 0 Å². The fraction of sp³-hybridized carbons (Fsp3) is 0.0625. The highest BCUT2D eigenvalue weighted by Crippen LogP contribution is 2.08. The fourth-order valence-electron chi connectivity index (χ4n) is 1.66. The highest BCUT2D eigenvalue weighted by atomic mass is 32.1. The van der Waals surface area contributed by atoms with E-state index in [0.717, 1.165) is 10.4 Å². The van der Waals surface area contributed by atoms with E-state index in [0.29, 0.717) is 0 Å². The molecule has 1 aromatic carbocycles. The van der Waals surface area contributed by atoms with Crippen molar-refractivity contribution in [3.63, 3.8) is 0 Å². The van der Waals surface area contributed by atoms with Gasteiger partial charge >= 0.3 is 0 Å². The average molecular weight is 345 g/mol. The third-order valence-electron chi connectivity index (χ3n) is 2.69. The molecular weight excluding hydrogens is 330 g/mol. The van der Waals surface area contributed by atoms with Crippen molar-refractivity contribution in [3.8, 4) is 0 Å². The summed E-state index contributed by atoms with van der Waals surface area (Å²) in [6.07, 6.45) is 3.30. The van der Waals surface area contributed by atoms with Crippen LogP contribution in [0.4, 0.5) is 0 Å². The molecule has 0 spiro atoms. The highest BCUT2D eigenvalue weighted by Gasteiger charge is 2.05. The van der Waals surface area contributed by atoms with Crippen LogP contribution >= 0.6 is 23.6 Å². The summed E-state index contributed by atoms with van der Waals surface area (Å²) in [6, 6.07) is 13.2. The van der Waals surface area contributed by atoms with Gasteiger partial charge in [0.15, 0.2) is 5.11 Å². The van der Waals surface area contributed by atoms with Crippen LogP contribution in [-0.2, 0) is 16.0 Å². The zero-order chi connectivity index (χ0) is 16.5. The molecule has 0 bridgehead atoms. The minimum atomic E-state index is -0.376. The molecular formula is C16H15N3O2S2. The van der Waals surface area contributed by atoms with E-state index in [4.69, 9.17) is 12.2 Å². The van der Waals surface area contributed by atoms with E-state index < -0.39 is 0 Å². The van der Waals surface area contributed by atoms with E-state index in [-0.39, 0.29) is 23.3 Å². The molecule has 0 saturated heterocycles. The number of hydrazine groups is 1. The van der Waals surface area contributed by atoms with Crippen LogP contribution < -0.4 is 16.2 Å². The molecule has 1 heterocycles. The number of amides is 2. The first-order chi connectivity index (χ1) is 11.1. The molecule has 23 heavy (non-hydrogen) atoms. The summed E-state index contributed by atoms with van der Waals surface area (Å²) in [6.45, 7) is 0. The fourth-order valence-corrected chi connectivity index (χ4v) is 2.52. The van der Waals surface area contributed by atoms with Gasteiger partial charge in [0.05, 0.1) is 6.42 Å². The number of hydrogen-bond acceptors (Lipinski definition) is 4. The first-order valence-electron chi connectivity index (χ1n) is 6.79. The zero-order valence-electron chi connectivity index (χ0n) is 12.1. The minimum absolute atomic E-state index is 0.0345.